The molecule has 1 aliphatic heterocycles. The maximum atomic E-state index is 6.30. The van der Waals surface area contributed by atoms with Crippen LogP contribution in [0.3, 0.4) is 0 Å². The molecule has 26 heavy (non-hydrogen) atoms. The number of thiophene rings is 1. The highest BCUT2D eigenvalue weighted by Gasteiger charge is 2.22. The molecule has 3 aromatic rings. The van der Waals surface area contributed by atoms with E-state index in [2.05, 4.69) is 48.9 Å². The first-order valence-electron chi connectivity index (χ1n) is 9.34. The van der Waals surface area contributed by atoms with Crippen LogP contribution in [0, 0.1) is 20.8 Å². The van der Waals surface area contributed by atoms with Crippen LogP contribution < -0.4 is 4.90 Å². The van der Waals surface area contributed by atoms with Crippen molar-refractivity contribution in [2.45, 2.75) is 46.5 Å². The van der Waals surface area contributed by atoms with Gasteiger partial charge in [-0.05, 0) is 61.9 Å². The molecule has 4 rings (SSSR count). The summed E-state index contributed by atoms with van der Waals surface area (Å²) in [4.78, 5) is 13.9. The maximum absolute atomic E-state index is 6.30. The average Bonchev–Trinajstić information content (AvgIpc) is 2.78. The fourth-order valence-electron chi connectivity index (χ4n) is 3.82. The summed E-state index contributed by atoms with van der Waals surface area (Å²) in [5, 5.41) is 1.52. The molecule has 0 amide bonds. The minimum Gasteiger partial charge on any atom is -0.356 e. The van der Waals surface area contributed by atoms with Crippen LogP contribution >= 0.6 is 22.9 Å². The topological polar surface area (TPSA) is 29.0 Å². The van der Waals surface area contributed by atoms with E-state index in [1.165, 1.54) is 58.2 Å². The molecule has 136 valence electrons. The lowest BCUT2D eigenvalue weighted by Crippen LogP contribution is -2.25. The molecule has 0 radical (unpaired) electrons. The molecule has 0 atom stereocenters. The largest absolute Gasteiger partial charge is 0.356 e. The second kappa shape index (κ2) is 7.16. The molecule has 0 saturated carbocycles. The van der Waals surface area contributed by atoms with Crippen LogP contribution in [0.2, 0.25) is 5.28 Å². The molecule has 2 aromatic heterocycles. The number of anilines is 1. The standard InChI is InChI=1S/C21H24ClN3S/c1-13-8-9-16(12-14(13)2)17-15(3)26-20-18(17)19(23-21(22)24-20)25-10-6-4-5-7-11-25/h8-9,12H,4-7,10-11H2,1-3H3. The molecule has 0 spiro atoms. The zero-order valence-electron chi connectivity index (χ0n) is 15.6. The van der Waals surface area contributed by atoms with E-state index in [1.54, 1.807) is 11.3 Å². The van der Waals surface area contributed by atoms with Gasteiger partial charge in [0.1, 0.15) is 10.6 Å². The van der Waals surface area contributed by atoms with E-state index in [1.807, 2.05) is 0 Å². The van der Waals surface area contributed by atoms with Crippen molar-refractivity contribution >= 4 is 39.0 Å². The van der Waals surface area contributed by atoms with Gasteiger partial charge in [-0.15, -0.1) is 11.3 Å². The van der Waals surface area contributed by atoms with Crippen molar-refractivity contribution in [2.75, 3.05) is 18.0 Å². The number of benzene rings is 1. The summed E-state index contributed by atoms with van der Waals surface area (Å²) in [6.45, 7) is 8.60. The third kappa shape index (κ3) is 3.21. The van der Waals surface area contributed by atoms with Crippen LogP contribution in [-0.2, 0) is 0 Å². The van der Waals surface area contributed by atoms with Gasteiger partial charge in [-0.3, -0.25) is 0 Å². The summed E-state index contributed by atoms with van der Waals surface area (Å²) in [6.07, 6.45) is 5.02. The average molecular weight is 386 g/mol. The lowest BCUT2D eigenvalue weighted by Gasteiger charge is -2.23. The molecular weight excluding hydrogens is 362 g/mol. The third-order valence-corrected chi connectivity index (χ3v) is 6.55. The second-order valence-corrected chi connectivity index (χ2v) is 8.77. The van der Waals surface area contributed by atoms with Gasteiger partial charge in [-0.2, -0.15) is 4.98 Å². The normalized spacial score (nSPS) is 15.5. The van der Waals surface area contributed by atoms with E-state index in [4.69, 9.17) is 16.6 Å². The van der Waals surface area contributed by atoms with Crippen molar-refractivity contribution in [3.8, 4) is 11.1 Å². The third-order valence-electron chi connectivity index (χ3n) is 5.38. The Labute approximate surface area is 164 Å². The van der Waals surface area contributed by atoms with Crippen molar-refractivity contribution in [2.24, 2.45) is 0 Å². The fourth-order valence-corrected chi connectivity index (χ4v) is 5.08. The van der Waals surface area contributed by atoms with Gasteiger partial charge < -0.3 is 4.90 Å². The number of fused-ring (bicyclic) bond motifs is 1. The lowest BCUT2D eigenvalue weighted by atomic mass is 9.99. The van der Waals surface area contributed by atoms with Gasteiger partial charge in [-0.1, -0.05) is 31.0 Å². The van der Waals surface area contributed by atoms with Crippen LogP contribution in [0.25, 0.3) is 21.3 Å². The highest BCUT2D eigenvalue weighted by atomic mass is 35.5. The number of aromatic nitrogens is 2. The molecule has 1 saturated heterocycles. The van der Waals surface area contributed by atoms with Crippen LogP contribution in [0.1, 0.15) is 41.7 Å². The zero-order chi connectivity index (χ0) is 18.3. The molecule has 0 unspecified atom stereocenters. The minimum absolute atomic E-state index is 0.352. The van der Waals surface area contributed by atoms with Crippen LogP contribution in [-0.4, -0.2) is 23.1 Å². The summed E-state index contributed by atoms with van der Waals surface area (Å²) in [6, 6.07) is 6.71. The van der Waals surface area contributed by atoms with Crippen molar-refractivity contribution in [1.29, 1.82) is 0 Å². The first kappa shape index (κ1) is 17.7. The molecule has 3 heterocycles. The number of halogens is 1. The van der Waals surface area contributed by atoms with Crippen LogP contribution in [0.5, 0.6) is 0 Å². The Hall–Kier alpha value is -1.65. The van der Waals surface area contributed by atoms with Gasteiger partial charge in [0.05, 0.1) is 5.39 Å². The number of rotatable bonds is 2. The molecule has 5 heteroatoms. The Balaban J connectivity index is 1.95. The minimum atomic E-state index is 0.352. The van der Waals surface area contributed by atoms with E-state index >= 15 is 0 Å². The number of hydrogen-bond acceptors (Lipinski definition) is 4. The Bertz CT molecular complexity index is 956. The van der Waals surface area contributed by atoms with E-state index in [-0.39, 0.29) is 0 Å². The van der Waals surface area contributed by atoms with Gasteiger partial charge in [0.2, 0.25) is 5.28 Å². The highest BCUT2D eigenvalue weighted by Crippen LogP contribution is 2.43. The first-order valence-corrected chi connectivity index (χ1v) is 10.5. The van der Waals surface area contributed by atoms with Crippen molar-refractivity contribution in [1.82, 2.24) is 9.97 Å². The summed E-state index contributed by atoms with van der Waals surface area (Å²) in [7, 11) is 0. The Morgan fingerprint density at radius 1 is 0.962 bits per heavy atom. The SMILES string of the molecule is Cc1ccc(-c2c(C)sc3nc(Cl)nc(N4CCCCCC4)c23)cc1C. The first-order chi connectivity index (χ1) is 12.5. The Kier molecular flexibility index (Phi) is 4.89. The molecule has 1 fully saturated rings. The van der Waals surface area contributed by atoms with Crippen molar-refractivity contribution in [3.05, 3.63) is 39.5 Å². The Morgan fingerprint density at radius 2 is 1.69 bits per heavy atom. The fraction of sp³-hybridized carbons (Fsp3) is 0.429. The summed E-state index contributed by atoms with van der Waals surface area (Å²) in [5.74, 6) is 1.01. The summed E-state index contributed by atoms with van der Waals surface area (Å²) >= 11 is 8.01. The van der Waals surface area contributed by atoms with Gasteiger partial charge >= 0.3 is 0 Å². The van der Waals surface area contributed by atoms with Crippen molar-refractivity contribution in [3.63, 3.8) is 0 Å². The molecule has 1 aromatic carbocycles. The van der Waals surface area contributed by atoms with Crippen LogP contribution in [0.15, 0.2) is 18.2 Å². The van der Waals surface area contributed by atoms with Gasteiger partial charge in [0.25, 0.3) is 0 Å². The molecule has 0 bridgehead atoms. The van der Waals surface area contributed by atoms with Crippen molar-refractivity contribution < 1.29 is 0 Å². The number of hydrogen-bond donors (Lipinski definition) is 0. The number of nitrogens with zero attached hydrogens (tertiary/aromatic N) is 3. The van der Waals surface area contributed by atoms with Gasteiger partial charge in [0.15, 0.2) is 0 Å². The lowest BCUT2D eigenvalue weighted by molar-refractivity contribution is 0.726. The molecule has 0 aliphatic carbocycles. The zero-order valence-corrected chi connectivity index (χ0v) is 17.2. The molecule has 0 N–H and O–H groups in total. The van der Waals surface area contributed by atoms with Crippen LogP contribution in [0.4, 0.5) is 5.82 Å². The highest BCUT2D eigenvalue weighted by molar-refractivity contribution is 7.19. The molecule has 1 aliphatic rings. The molecular formula is C21H24ClN3S. The monoisotopic (exact) mass is 385 g/mol. The van der Waals surface area contributed by atoms with E-state index < -0.39 is 0 Å². The Morgan fingerprint density at radius 3 is 2.38 bits per heavy atom. The number of aryl methyl sites for hydroxylation is 3. The predicted molar refractivity (Wildman–Crippen MR) is 113 cm³/mol. The predicted octanol–water partition coefficient (Wildman–Crippen LogP) is 6.32. The smallest absolute Gasteiger partial charge is 0.225 e. The maximum Gasteiger partial charge on any atom is 0.225 e. The van der Waals surface area contributed by atoms with E-state index in [0.717, 1.165) is 23.7 Å². The summed E-state index contributed by atoms with van der Waals surface area (Å²) in [5.41, 5.74) is 5.15. The molecule has 3 nitrogen and oxygen atoms in total. The van der Waals surface area contributed by atoms with E-state index in [9.17, 15) is 0 Å². The van der Waals surface area contributed by atoms with Gasteiger partial charge in [-0.25, -0.2) is 4.98 Å². The second-order valence-electron chi connectivity index (χ2n) is 7.23. The van der Waals surface area contributed by atoms with Gasteiger partial charge in [0, 0.05) is 23.5 Å². The van der Waals surface area contributed by atoms with E-state index in [0.29, 0.717) is 5.28 Å². The quantitative estimate of drug-likeness (QED) is 0.483. The summed E-state index contributed by atoms with van der Waals surface area (Å²) < 4.78 is 0.